The Bertz CT molecular complexity index is 229. The number of rotatable bonds is 5. The standard InChI is InChI=1S/C15H34N2.BrH/c1-6-16(4,7-2)12-13-17(5)11-9-8-10-15(3)14-17;/h15H,6-14H2,1-5H3;1H/q+2;/p-1. The highest BCUT2D eigenvalue weighted by Gasteiger charge is 2.30. The number of likely N-dealkylation sites (N-methyl/N-ethyl adjacent to an activating group) is 2. The Balaban J connectivity index is 0.00000289. The fraction of sp³-hybridized carbons (Fsp3) is 1.00. The minimum atomic E-state index is 0. The maximum atomic E-state index is 2.48. The minimum absolute atomic E-state index is 0. The molecule has 3 heteroatoms. The molecule has 1 rings (SSSR count). The average Bonchev–Trinajstić information content (AvgIpc) is 2.48. The highest BCUT2D eigenvalue weighted by atomic mass is 79.9. The SMILES string of the molecule is CC[N+](C)(CC)CC[N+]1(C)CCCCC(C)C1.[Br-]. The molecule has 2 unspecified atom stereocenters. The molecule has 1 fully saturated rings. The molecule has 110 valence electrons. The summed E-state index contributed by atoms with van der Waals surface area (Å²) < 4.78 is 2.55. The fourth-order valence-electron chi connectivity index (χ4n) is 3.15. The quantitative estimate of drug-likeness (QED) is 0.612. The Labute approximate surface area is 125 Å². The molecule has 2 nitrogen and oxygen atoms in total. The topological polar surface area (TPSA) is 0 Å². The third-order valence-electron chi connectivity index (χ3n) is 5.10. The Hall–Kier alpha value is 0.400. The van der Waals surface area contributed by atoms with Crippen LogP contribution >= 0.6 is 0 Å². The van der Waals surface area contributed by atoms with Crippen molar-refractivity contribution in [2.75, 3.05) is 53.4 Å². The molecule has 1 aliphatic heterocycles. The molecule has 1 heterocycles. The molecule has 18 heavy (non-hydrogen) atoms. The van der Waals surface area contributed by atoms with Crippen LogP contribution in [-0.2, 0) is 0 Å². The van der Waals surface area contributed by atoms with E-state index >= 15 is 0 Å². The summed E-state index contributed by atoms with van der Waals surface area (Å²) in [4.78, 5) is 0. The second-order valence-corrected chi connectivity index (χ2v) is 6.83. The van der Waals surface area contributed by atoms with Gasteiger partial charge in [0.1, 0.15) is 13.1 Å². The molecule has 0 aliphatic carbocycles. The van der Waals surface area contributed by atoms with Crippen molar-refractivity contribution in [3.8, 4) is 0 Å². The van der Waals surface area contributed by atoms with Crippen LogP contribution in [0.25, 0.3) is 0 Å². The van der Waals surface area contributed by atoms with Crippen LogP contribution in [0.1, 0.15) is 40.0 Å². The lowest BCUT2D eigenvalue weighted by Crippen LogP contribution is -3.00. The van der Waals surface area contributed by atoms with Crippen LogP contribution in [0.5, 0.6) is 0 Å². The van der Waals surface area contributed by atoms with Crippen LogP contribution in [0.3, 0.4) is 0 Å². The molecule has 0 radical (unpaired) electrons. The second-order valence-electron chi connectivity index (χ2n) is 6.83. The number of halogens is 1. The minimum Gasteiger partial charge on any atom is -1.00 e. The highest BCUT2D eigenvalue weighted by molar-refractivity contribution is 4.58. The van der Waals surface area contributed by atoms with Crippen LogP contribution in [0.2, 0.25) is 0 Å². The van der Waals surface area contributed by atoms with Crippen molar-refractivity contribution in [1.82, 2.24) is 0 Å². The van der Waals surface area contributed by atoms with Gasteiger partial charge in [-0.05, 0) is 33.1 Å². The molecule has 1 saturated heterocycles. The summed E-state index contributed by atoms with van der Waals surface area (Å²) in [6, 6.07) is 0. The lowest BCUT2D eigenvalue weighted by atomic mass is 10.1. The molecule has 1 aliphatic rings. The Morgan fingerprint density at radius 2 is 1.78 bits per heavy atom. The van der Waals surface area contributed by atoms with Gasteiger partial charge in [-0.25, -0.2) is 0 Å². The van der Waals surface area contributed by atoms with E-state index in [4.69, 9.17) is 0 Å². The largest absolute Gasteiger partial charge is 1.00 e. The lowest BCUT2D eigenvalue weighted by molar-refractivity contribution is -0.963. The van der Waals surface area contributed by atoms with Crippen LogP contribution in [0.4, 0.5) is 0 Å². The Morgan fingerprint density at radius 1 is 1.17 bits per heavy atom. The zero-order chi connectivity index (χ0) is 12.9. The predicted molar refractivity (Wildman–Crippen MR) is 75.9 cm³/mol. The van der Waals surface area contributed by atoms with Crippen molar-refractivity contribution in [2.24, 2.45) is 5.92 Å². The van der Waals surface area contributed by atoms with E-state index in [1.165, 1.54) is 67.5 Å². The maximum Gasteiger partial charge on any atom is 0.128 e. The molecule has 0 N–H and O–H groups in total. The van der Waals surface area contributed by atoms with E-state index in [-0.39, 0.29) is 17.0 Å². The van der Waals surface area contributed by atoms with E-state index in [1.54, 1.807) is 0 Å². The molecule has 0 bridgehead atoms. The van der Waals surface area contributed by atoms with Crippen LogP contribution in [0.15, 0.2) is 0 Å². The average molecular weight is 322 g/mol. The highest BCUT2D eigenvalue weighted by Crippen LogP contribution is 2.21. The van der Waals surface area contributed by atoms with Gasteiger partial charge < -0.3 is 25.9 Å². The van der Waals surface area contributed by atoms with Crippen LogP contribution < -0.4 is 17.0 Å². The molecular formula is C15H34BrN2+. The molecule has 0 amide bonds. The van der Waals surface area contributed by atoms with Gasteiger partial charge in [0.05, 0.1) is 40.3 Å². The zero-order valence-electron chi connectivity index (χ0n) is 13.2. The summed E-state index contributed by atoms with van der Waals surface area (Å²) in [5.41, 5.74) is 0. The first-order chi connectivity index (χ1) is 7.93. The third kappa shape index (κ3) is 5.58. The summed E-state index contributed by atoms with van der Waals surface area (Å²) >= 11 is 0. The van der Waals surface area contributed by atoms with Crippen molar-refractivity contribution in [3.63, 3.8) is 0 Å². The first-order valence-corrected chi connectivity index (χ1v) is 7.60. The molecule has 0 spiro atoms. The molecule has 0 aromatic heterocycles. The molecule has 0 aromatic rings. The van der Waals surface area contributed by atoms with E-state index in [2.05, 4.69) is 34.9 Å². The van der Waals surface area contributed by atoms with Crippen molar-refractivity contribution in [3.05, 3.63) is 0 Å². The summed E-state index contributed by atoms with van der Waals surface area (Å²) in [5, 5.41) is 0. The van der Waals surface area contributed by atoms with E-state index < -0.39 is 0 Å². The van der Waals surface area contributed by atoms with Gasteiger partial charge in [-0.15, -0.1) is 0 Å². The van der Waals surface area contributed by atoms with E-state index in [1.807, 2.05) is 0 Å². The maximum absolute atomic E-state index is 2.48. The molecule has 0 saturated carbocycles. The van der Waals surface area contributed by atoms with E-state index in [0.29, 0.717) is 0 Å². The van der Waals surface area contributed by atoms with Gasteiger partial charge in [-0.2, -0.15) is 0 Å². The normalized spacial score (nSPS) is 29.5. The van der Waals surface area contributed by atoms with Gasteiger partial charge in [0, 0.05) is 5.92 Å². The summed E-state index contributed by atoms with van der Waals surface area (Å²) in [5.74, 6) is 0.921. The second kappa shape index (κ2) is 7.86. The summed E-state index contributed by atoms with van der Waals surface area (Å²) in [6.07, 6.45) is 4.33. The number of likely N-dealkylation sites (tertiary alicyclic amines) is 1. The van der Waals surface area contributed by atoms with Crippen molar-refractivity contribution in [1.29, 1.82) is 0 Å². The number of quaternary nitrogens is 2. The Kier molecular flexibility index (Phi) is 8.04. The monoisotopic (exact) mass is 321 g/mol. The van der Waals surface area contributed by atoms with Gasteiger partial charge in [0.2, 0.25) is 0 Å². The van der Waals surface area contributed by atoms with E-state index in [0.717, 1.165) is 5.92 Å². The van der Waals surface area contributed by atoms with Gasteiger partial charge in [0.25, 0.3) is 0 Å². The first-order valence-electron chi connectivity index (χ1n) is 7.60. The van der Waals surface area contributed by atoms with Crippen LogP contribution in [0, 0.1) is 5.92 Å². The summed E-state index contributed by atoms with van der Waals surface area (Å²) in [7, 11) is 4.89. The number of nitrogens with zero attached hydrogens (tertiary/aromatic N) is 2. The smallest absolute Gasteiger partial charge is 0.128 e. The van der Waals surface area contributed by atoms with Crippen LogP contribution in [-0.4, -0.2) is 62.3 Å². The lowest BCUT2D eigenvalue weighted by Gasteiger charge is -2.39. The zero-order valence-corrected chi connectivity index (χ0v) is 14.8. The van der Waals surface area contributed by atoms with Gasteiger partial charge in [-0.1, -0.05) is 6.92 Å². The first kappa shape index (κ1) is 18.4. The fourth-order valence-corrected chi connectivity index (χ4v) is 3.15. The van der Waals surface area contributed by atoms with E-state index in [9.17, 15) is 0 Å². The molecular weight excluding hydrogens is 288 g/mol. The number of hydrogen-bond donors (Lipinski definition) is 0. The number of hydrogen-bond acceptors (Lipinski definition) is 0. The third-order valence-corrected chi connectivity index (χ3v) is 5.10. The van der Waals surface area contributed by atoms with Crippen molar-refractivity contribution in [2.45, 2.75) is 40.0 Å². The molecule has 0 aromatic carbocycles. The van der Waals surface area contributed by atoms with Crippen molar-refractivity contribution < 1.29 is 25.9 Å². The predicted octanol–water partition coefficient (Wildman–Crippen LogP) is -0.257. The Morgan fingerprint density at radius 3 is 2.33 bits per heavy atom. The molecule has 2 atom stereocenters. The van der Waals surface area contributed by atoms with Gasteiger partial charge >= 0.3 is 0 Å². The van der Waals surface area contributed by atoms with Gasteiger partial charge in [0.15, 0.2) is 0 Å². The van der Waals surface area contributed by atoms with Crippen molar-refractivity contribution >= 4 is 0 Å². The summed E-state index contributed by atoms with van der Waals surface area (Å²) in [6.45, 7) is 15.1. The van der Waals surface area contributed by atoms with Gasteiger partial charge in [-0.3, -0.25) is 0 Å².